The minimum absolute atomic E-state index is 0.0226. The molecule has 0 aromatic heterocycles. The lowest BCUT2D eigenvalue weighted by molar-refractivity contribution is -0.137. The van der Waals surface area contributed by atoms with Crippen LogP contribution in [0.3, 0.4) is 0 Å². The lowest BCUT2D eigenvalue weighted by Gasteiger charge is -2.21. The summed E-state index contributed by atoms with van der Waals surface area (Å²) >= 11 is 0. The molecule has 0 unspecified atom stereocenters. The predicted molar refractivity (Wildman–Crippen MR) is 79.9 cm³/mol. The van der Waals surface area contributed by atoms with Gasteiger partial charge in [0.15, 0.2) is 0 Å². The van der Waals surface area contributed by atoms with E-state index in [0.717, 1.165) is 4.31 Å². The number of aliphatic hydroxyl groups is 1. The zero-order valence-corrected chi connectivity index (χ0v) is 13.1. The van der Waals surface area contributed by atoms with Crippen molar-refractivity contribution in [3.8, 4) is 0 Å². The van der Waals surface area contributed by atoms with Crippen LogP contribution in [0.1, 0.15) is 18.4 Å². The van der Waals surface area contributed by atoms with Gasteiger partial charge in [0.1, 0.15) is 6.04 Å². The molecule has 1 aromatic rings. The number of nitrogens with two attached hydrogens (primary N) is 1. The van der Waals surface area contributed by atoms with Crippen molar-refractivity contribution in [1.82, 2.24) is 4.31 Å². The van der Waals surface area contributed by atoms with Gasteiger partial charge in [-0.1, -0.05) is 12.1 Å². The maximum absolute atomic E-state index is 12.6. The smallest absolute Gasteiger partial charge is 0.303 e. The highest BCUT2D eigenvalue weighted by molar-refractivity contribution is 7.89. The second-order valence-electron chi connectivity index (χ2n) is 5.42. The number of benzene rings is 1. The van der Waals surface area contributed by atoms with Crippen molar-refractivity contribution in [2.45, 2.75) is 36.3 Å². The summed E-state index contributed by atoms with van der Waals surface area (Å²) in [6.07, 6.45) is -0.710. The molecule has 0 aliphatic carbocycles. The third-order valence-corrected chi connectivity index (χ3v) is 5.61. The standard InChI is InChI=1S/C14H18N2O6S/c15-14(20)12-7-10(17)8-16(12)23(21,22)11-4-1-9(2-5-11)3-6-13(18)19/h1-2,4-5,10,12,17H,3,6-8H2,(H2,15,20)(H,18,19)/t10-,12+/m1/s1. The van der Waals surface area contributed by atoms with Crippen LogP contribution in [0.25, 0.3) is 0 Å². The fourth-order valence-corrected chi connectivity index (χ4v) is 4.17. The maximum atomic E-state index is 12.6. The summed E-state index contributed by atoms with van der Waals surface area (Å²) in [5.74, 6) is -1.74. The Labute approximate surface area is 133 Å². The van der Waals surface area contributed by atoms with Gasteiger partial charge in [0.2, 0.25) is 15.9 Å². The minimum atomic E-state index is -3.96. The summed E-state index contributed by atoms with van der Waals surface area (Å²) < 4.78 is 26.1. The van der Waals surface area contributed by atoms with Crippen LogP contribution in [0.5, 0.6) is 0 Å². The Bertz CT molecular complexity index is 700. The number of aryl methyl sites for hydroxylation is 1. The lowest BCUT2D eigenvalue weighted by atomic mass is 10.1. The quantitative estimate of drug-likeness (QED) is 0.626. The van der Waals surface area contributed by atoms with E-state index in [9.17, 15) is 23.1 Å². The topological polar surface area (TPSA) is 138 Å². The number of hydrogen-bond acceptors (Lipinski definition) is 5. The molecule has 1 heterocycles. The summed E-state index contributed by atoms with van der Waals surface area (Å²) in [4.78, 5) is 21.9. The van der Waals surface area contributed by atoms with Gasteiger partial charge in [-0.3, -0.25) is 9.59 Å². The lowest BCUT2D eigenvalue weighted by Crippen LogP contribution is -2.43. The summed E-state index contributed by atoms with van der Waals surface area (Å²) in [5, 5.41) is 18.3. The summed E-state index contributed by atoms with van der Waals surface area (Å²) in [6.45, 7) is -0.184. The molecule has 0 radical (unpaired) electrons. The number of aliphatic carboxylic acids is 1. The average molecular weight is 342 g/mol. The van der Waals surface area contributed by atoms with E-state index >= 15 is 0 Å². The average Bonchev–Trinajstić information content (AvgIpc) is 2.88. The highest BCUT2D eigenvalue weighted by Gasteiger charge is 2.42. The zero-order valence-electron chi connectivity index (χ0n) is 12.3. The van der Waals surface area contributed by atoms with Crippen molar-refractivity contribution in [3.05, 3.63) is 29.8 Å². The Morgan fingerprint density at radius 1 is 1.26 bits per heavy atom. The molecule has 1 amide bonds. The first-order valence-corrected chi connectivity index (χ1v) is 8.46. The van der Waals surface area contributed by atoms with Crippen molar-refractivity contribution in [2.24, 2.45) is 5.73 Å². The molecule has 0 spiro atoms. The number of amides is 1. The third-order valence-electron chi connectivity index (χ3n) is 3.72. The summed E-state index contributed by atoms with van der Waals surface area (Å²) in [6, 6.07) is 4.70. The predicted octanol–water partition coefficient (Wildman–Crippen LogP) is -0.687. The molecule has 2 rings (SSSR count). The number of carboxylic acids is 1. The number of carbonyl (C=O) groups is 2. The summed E-state index contributed by atoms with van der Waals surface area (Å²) in [5.41, 5.74) is 5.90. The second-order valence-corrected chi connectivity index (χ2v) is 7.31. The van der Waals surface area contributed by atoms with Crippen LogP contribution >= 0.6 is 0 Å². The Balaban J connectivity index is 2.22. The van der Waals surface area contributed by atoms with E-state index in [1.165, 1.54) is 24.3 Å². The number of aliphatic hydroxyl groups excluding tert-OH is 1. The Hall–Kier alpha value is -1.97. The first-order chi connectivity index (χ1) is 10.7. The Morgan fingerprint density at radius 2 is 1.87 bits per heavy atom. The number of hydrogen-bond donors (Lipinski definition) is 3. The molecule has 1 aromatic carbocycles. The zero-order chi connectivity index (χ0) is 17.2. The van der Waals surface area contributed by atoms with E-state index < -0.39 is 34.0 Å². The molecule has 1 fully saturated rings. The number of carboxylic acid groups (broad SMARTS) is 1. The fourth-order valence-electron chi connectivity index (χ4n) is 2.52. The van der Waals surface area contributed by atoms with Crippen LogP contribution in [0.2, 0.25) is 0 Å². The van der Waals surface area contributed by atoms with Gasteiger partial charge in [-0.05, 0) is 24.1 Å². The van der Waals surface area contributed by atoms with Gasteiger partial charge in [-0.2, -0.15) is 4.31 Å². The van der Waals surface area contributed by atoms with Crippen LogP contribution in [-0.4, -0.2) is 53.5 Å². The first kappa shape index (κ1) is 17.4. The molecule has 1 saturated heterocycles. The van der Waals surface area contributed by atoms with E-state index in [1.54, 1.807) is 0 Å². The first-order valence-electron chi connectivity index (χ1n) is 7.02. The monoisotopic (exact) mass is 342 g/mol. The third kappa shape index (κ3) is 3.87. The van der Waals surface area contributed by atoms with Gasteiger partial charge in [-0.25, -0.2) is 8.42 Å². The summed E-state index contributed by atoms with van der Waals surface area (Å²) in [7, 11) is -3.96. The van der Waals surface area contributed by atoms with Gasteiger partial charge in [0.25, 0.3) is 0 Å². The molecular formula is C14H18N2O6S. The minimum Gasteiger partial charge on any atom is -0.481 e. The van der Waals surface area contributed by atoms with Crippen LogP contribution in [0.4, 0.5) is 0 Å². The van der Waals surface area contributed by atoms with Crippen LogP contribution in [-0.2, 0) is 26.0 Å². The van der Waals surface area contributed by atoms with Crippen molar-refractivity contribution in [3.63, 3.8) is 0 Å². The normalized spacial score (nSPS) is 22.1. The molecule has 126 valence electrons. The van der Waals surface area contributed by atoms with Gasteiger partial charge in [0, 0.05) is 19.4 Å². The molecule has 4 N–H and O–H groups in total. The van der Waals surface area contributed by atoms with Crippen molar-refractivity contribution in [1.29, 1.82) is 0 Å². The van der Waals surface area contributed by atoms with E-state index in [4.69, 9.17) is 10.8 Å². The fraction of sp³-hybridized carbons (Fsp3) is 0.429. The van der Waals surface area contributed by atoms with Crippen molar-refractivity contribution >= 4 is 21.9 Å². The molecule has 0 bridgehead atoms. The molecule has 1 aliphatic rings. The van der Waals surface area contributed by atoms with Crippen LogP contribution in [0, 0.1) is 0 Å². The van der Waals surface area contributed by atoms with E-state index in [2.05, 4.69) is 0 Å². The van der Waals surface area contributed by atoms with E-state index in [-0.39, 0.29) is 24.3 Å². The van der Waals surface area contributed by atoms with Crippen molar-refractivity contribution in [2.75, 3.05) is 6.54 Å². The number of rotatable bonds is 6. The number of carbonyl (C=O) groups excluding carboxylic acids is 1. The SMILES string of the molecule is NC(=O)[C@@H]1C[C@@H](O)CN1S(=O)(=O)c1ccc(CCC(=O)O)cc1. The molecule has 0 saturated carbocycles. The van der Waals surface area contributed by atoms with Crippen molar-refractivity contribution < 1.29 is 28.2 Å². The Kier molecular flexibility index (Phi) is 5.03. The molecule has 23 heavy (non-hydrogen) atoms. The molecule has 8 nitrogen and oxygen atoms in total. The number of nitrogens with zero attached hydrogens (tertiary/aromatic N) is 1. The highest BCUT2D eigenvalue weighted by Crippen LogP contribution is 2.26. The largest absolute Gasteiger partial charge is 0.481 e. The van der Waals surface area contributed by atoms with Gasteiger partial charge in [-0.15, -0.1) is 0 Å². The van der Waals surface area contributed by atoms with Gasteiger partial charge >= 0.3 is 5.97 Å². The molecule has 1 aliphatic heterocycles. The Morgan fingerprint density at radius 3 is 2.39 bits per heavy atom. The van der Waals surface area contributed by atoms with Crippen LogP contribution < -0.4 is 5.73 Å². The van der Waals surface area contributed by atoms with E-state index in [1.807, 2.05) is 0 Å². The number of sulfonamides is 1. The maximum Gasteiger partial charge on any atom is 0.303 e. The molecule has 2 atom stereocenters. The number of primary amides is 1. The van der Waals surface area contributed by atoms with E-state index in [0.29, 0.717) is 12.0 Å². The van der Waals surface area contributed by atoms with Gasteiger partial charge in [0.05, 0.1) is 11.0 Å². The molecular weight excluding hydrogens is 324 g/mol. The van der Waals surface area contributed by atoms with Crippen LogP contribution in [0.15, 0.2) is 29.2 Å². The molecule has 9 heteroatoms. The highest BCUT2D eigenvalue weighted by atomic mass is 32.2. The second kappa shape index (κ2) is 6.65. The van der Waals surface area contributed by atoms with Gasteiger partial charge < -0.3 is 15.9 Å². The number of β-amino-alcohol motifs (C(OH)–C–C–N with tert-alkyl or cyclic N) is 1.